The minimum Gasteiger partial charge on any atom is -0.493 e. The van der Waals surface area contributed by atoms with E-state index >= 15 is 0 Å². The molecule has 0 saturated heterocycles. The lowest BCUT2D eigenvalue weighted by molar-refractivity contribution is -0.384. The highest BCUT2D eigenvalue weighted by molar-refractivity contribution is 5.68. The van der Waals surface area contributed by atoms with Crippen molar-refractivity contribution in [1.29, 1.82) is 0 Å². The number of hydrogen-bond acceptors (Lipinski definition) is 6. The molecule has 0 atom stereocenters. The Kier molecular flexibility index (Phi) is 4.99. The summed E-state index contributed by atoms with van der Waals surface area (Å²) in [5, 5.41) is 17.5. The summed E-state index contributed by atoms with van der Waals surface area (Å²) in [4.78, 5) is 10.8. The van der Waals surface area contributed by atoms with Crippen molar-refractivity contribution in [3.8, 4) is 11.5 Å². The molecule has 114 valence electrons. The number of methoxy groups -OCH3 is 2. The van der Waals surface area contributed by atoms with Crippen molar-refractivity contribution < 1.29 is 14.4 Å². The summed E-state index contributed by atoms with van der Waals surface area (Å²) in [6, 6.07) is 2.97. The average molecular weight is 293 g/mol. The van der Waals surface area contributed by atoms with Gasteiger partial charge in [0, 0.05) is 19.2 Å². The molecular formula is C14H19N3O4. The summed E-state index contributed by atoms with van der Waals surface area (Å²) in [6.07, 6.45) is 3.04. The predicted molar refractivity (Wildman–Crippen MR) is 80.3 cm³/mol. The number of anilines is 1. The molecule has 0 aliphatic carbocycles. The number of nitro benzene ring substituents is 1. The Morgan fingerprint density at radius 3 is 2.62 bits per heavy atom. The van der Waals surface area contributed by atoms with Gasteiger partial charge in [-0.1, -0.05) is 11.6 Å². The maximum atomic E-state index is 11.2. The number of nitrogens with one attached hydrogen (secondary N) is 2. The van der Waals surface area contributed by atoms with E-state index in [0.29, 0.717) is 23.7 Å². The quantitative estimate of drug-likeness (QED) is 0.473. The number of nitrogens with zero attached hydrogens (tertiary/aromatic N) is 1. The monoisotopic (exact) mass is 293 g/mol. The van der Waals surface area contributed by atoms with E-state index in [9.17, 15) is 10.1 Å². The molecule has 1 heterocycles. The van der Waals surface area contributed by atoms with Crippen molar-refractivity contribution in [2.24, 2.45) is 0 Å². The van der Waals surface area contributed by atoms with Gasteiger partial charge in [0.1, 0.15) is 5.69 Å². The van der Waals surface area contributed by atoms with Crippen LogP contribution in [0.5, 0.6) is 11.5 Å². The van der Waals surface area contributed by atoms with Gasteiger partial charge in [-0.15, -0.1) is 0 Å². The van der Waals surface area contributed by atoms with Crippen LogP contribution in [-0.2, 0) is 0 Å². The molecule has 0 radical (unpaired) electrons. The molecule has 0 saturated carbocycles. The van der Waals surface area contributed by atoms with Gasteiger partial charge in [-0.05, 0) is 13.0 Å². The molecular weight excluding hydrogens is 274 g/mol. The summed E-state index contributed by atoms with van der Waals surface area (Å²) in [5.74, 6) is 0.806. The van der Waals surface area contributed by atoms with Crippen molar-refractivity contribution in [1.82, 2.24) is 5.32 Å². The first kappa shape index (κ1) is 15.1. The van der Waals surface area contributed by atoms with Crippen molar-refractivity contribution in [2.75, 3.05) is 39.2 Å². The summed E-state index contributed by atoms with van der Waals surface area (Å²) >= 11 is 0. The maximum absolute atomic E-state index is 11.2. The smallest absolute Gasteiger partial charge is 0.296 e. The highest BCUT2D eigenvalue weighted by Gasteiger charge is 2.19. The first-order chi connectivity index (χ1) is 10.2. The Bertz CT molecular complexity index is 557. The Hall–Kier alpha value is -2.28. The molecule has 0 bridgehead atoms. The van der Waals surface area contributed by atoms with Crippen LogP contribution in [-0.4, -0.2) is 38.8 Å². The fraction of sp³-hybridized carbons (Fsp3) is 0.429. The molecule has 1 aromatic carbocycles. The molecule has 0 fully saturated rings. The normalized spacial score (nSPS) is 14.3. The van der Waals surface area contributed by atoms with Gasteiger partial charge in [0.25, 0.3) is 5.69 Å². The molecule has 7 nitrogen and oxygen atoms in total. The van der Waals surface area contributed by atoms with E-state index in [2.05, 4.69) is 16.7 Å². The topological polar surface area (TPSA) is 85.7 Å². The zero-order chi connectivity index (χ0) is 15.2. The van der Waals surface area contributed by atoms with Crippen LogP contribution < -0.4 is 20.1 Å². The minimum atomic E-state index is -0.429. The van der Waals surface area contributed by atoms with Crippen molar-refractivity contribution in [2.45, 2.75) is 6.42 Å². The lowest BCUT2D eigenvalue weighted by Gasteiger charge is -2.16. The Balaban J connectivity index is 2.23. The lowest BCUT2D eigenvalue weighted by atomic mass is 10.1. The van der Waals surface area contributed by atoms with Crippen LogP contribution in [0.2, 0.25) is 0 Å². The van der Waals surface area contributed by atoms with Gasteiger partial charge in [0.2, 0.25) is 0 Å². The van der Waals surface area contributed by atoms with Crippen LogP contribution in [0, 0.1) is 10.1 Å². The fourth-order valence-electron chi connectivity index (χ4n) is 2.20. The van der Waals surface area contributed by atoms with Crippen molar-refractivity contribution in [3.05, 3.63) is 33.9 Å². The second kappa shape index (κ2) is 6.94. The van der Waals surface area contributed by atoms with E-state index in [1.807, 2.05) is 0 Å². The number of benzene rings is 1. The van der Waals surface area contributed by atoms with Gasteiger partial charge < -0.3 is 20.1 Å². The van der Waals surface area contributed by atoms with Crippen LogP contribution in [0.25, 0.3) is 0 Å². The lowest BCUT2D eigenvalue weighted by Crippen LogP contribution is -2.23. The van der Waals surface area contributed by atoms with E-state index in [0.717, 1.165) is 19.5 Å². The Labute approximate surface area is 123 Å². The molecule has 2 rings (SSSR count). The van der Waals surface area contributed by atoms with Gasteiger partial charge in [-0.25, -0.2) is 0 Å². The van der Waals surface area contributed by atoms with Gasteiger partial charge in [-0.3, -0.25) is 10.1 Å². The second-order valence-corrected chi connectivity index (χ2v) is 4.65. The van der Waals surface area contributed by atoms with Crippen LogP contribution in [0.15, 0.2) is 23.8 Å². The first-order valence-corrected chi connectivity index (χ1v) is 6.68. The van der Waals surface area contributed by atoms with E-state index in [4.69, 9.17) is 9.47 Å². The second-order valence-electron chi connectivity index (χ2n) is 4.65. The van der Waals surface area contributed by atoms with Crippen LogP contribution in [0.4, 0.5) is 11.4 Å². The van der Waals surface area contributed by atoms with E-state index in [-0.39, 0.29) is 5.69 Å². The number of nitro groups is 1. The van der Waals surface area contributed by atoms with Gasteiger partial charge in [0.05, 0.1) is 25.2 Å². The van der Waals surface area contributed by atoms with Gasteiger partial charge in [-0.2, -0.15) is 0 Å². The zero-order valence-electron chi connectivity index (χ0n) is 12.1. The molecule has 1 aliphatic heterocycles. The molecule has 21 heavy (non-hydrogen) atoms. The average Bonchev–Trinajstić information content (AvgIpc) is 2.52. The third-order valence-corrected chi connectivity index (χ3v) is 3.36. The summed E-state index contributed by atoms with van der Waals surface area (Å²) < 4.78 is 10.3. The maximum Gasteiger partial charge on any atom is 0.296 e. The molecule has 0 unspecified atom stereocenters. The zero-order valence-corrected chi connectivity index (χ0v) is 12.1. The number of rotatable bonds is 6. The van der Waals surface area contributed by atoms with Crippen molar-refractivity contribution in [3.63, 3.8) is 0 Å². The summed E-state index contributed by atoms with van der Waals surface area (Å²) in [5.41, 5.74) is 1.64. The first-order valence-electron chi connectivity index (χ1n) is 6.68. The van der Waals surface area contributed by atoms with E-state index in [1.54, 1.807) is 6.07 Å². The predicted octanol–water partition coefficient (Wildman–Crippen LogP) is 1.94. The molecule has 1 aliphatic rings. The molecule has 1 aromatic rings. The highest BCUT2D eigenvalue weighted by Crippen LogP contribution is 2.37. The number of hydrogen-bond donors (Lipinski definition) is 2. The third-order valence-electron chi connectivity index (χ3n) is 3.36. The van der Waals surface area contributed by atoms with Gasteiger partial charge in [0.15, 0.2) is 11.5 Å². The summed E-state index contributed by atoms with van der Waals surface area (Å²) in [7, 11) is 2.96. The van der Waals surface area contributed by atoms with Gasteiger partial charge >= 0.3 is 0 Å². The van der Waals surface area contributed by atoms with Crippen LogP contribution in [0.3, 0.4) is 0 Å². The number of ether oxygens (including phenoxy) is 2. The SMILES string of the molecule is COc1cc(NCC2=CCNCC2)c([N+](=O)[O-])cc1OC. The fourth-order valence-corrected chi connectivity index (χ4v) is 2.20. The minimum absolute atomic E-state index is 0.0258. The Morgan fingerprint density at radius 2 is 2.05 bits per heavy atom. The van der Waals surface area contributed by atoms with Crippen molar-refractivity contribution >= 4 is 11.4 Å². The summed E-state index contributed by atoms with van der Waals surface area (Å²) in [6.45, 7) is 2.35. The van der Waals surface area contributed by atoms with E-state index in [1.165, 1.54) is 25.9 Å². The van der Waals surface area contributed by atoms with Crippen LogP contribution in [0.1, 0.15) is 6.42 Å². The third kappa shape index (κ3) is 3.63. The standard InChI is InChI=1S/C14H19N3O4/c1-20-13-7-11(12(17(18)19)8-14(13)21-2)16-9-10-3-5-15-6-4-10/h3,7-8,15-16H,4-6,9H2,1-2H3. The largest absolute Gasteiger partial charge is 0.493 e. The highest BCUT2D eigenvalue weighted by atomic mass is 16.6. The molecule has 7 heteroatoms. The Morgan fingerprint density at radius 1 is 1.33 bits per heavy atom. The molecule has 2 N–H and O–H groups in total. The molecule has 0 amide bonds. The molecule has 0 aromatic heterocycles. The molecule has 0 spiro atoms. The van der Waals surface area contributed by atoms with Crippen LogP contribution >= 0.6 is 0 Å². The van der Waals surface area contributed by atoms with E-state index < -0.39 is 4.92 Å².